The van der Waals surface area contributed by atoms with Crippen LogP contribution in [0.3, 0.4) is 0 Å². The van der Waals surface area contributed by atoms with Crippen molar-refractivity contribution in [3.63, 3.8) is 0 Å². The molecule has 3 aromatic rings. The molecule has 3 heterocycles. The van der Waals surface area contributed by atoms with Gasteiger partial charge in [-0.05, 0) is 24.1 Å². The van der Waals surface area contributed by atoms with Crippen molar-refractivity contribution in [3.8, 4) is 0 Å². The fourth-order valence-electron chi connectivity index (χ4n) is 4.20. The summed E-state index contributed by atoms with van der Waals surface area (Å²) < 4.78 is 7.45. The third kappa shape index (κ3) is 5.14. The van der Waals surface area contributed by atoms with E-state index >= 15 is 0 Å². The average Bonchev–Trinajstić information content (AvgIpc) is 3.40. The summed E-state index contributed by atoms with van der Waals surface area (Å²) in [5, 5.41) is 26.3. The van der Waals surface area contributed by atoms with Crippen molar-refractivity contribution in [2.75, 3.05) is 30.9 Å². The lowest BCUT2D eigenvalue weighted by atomic mass is 10.0. The predicted molar refractivity (Wildman–Crippen MR) is 131 cm³/mol. The van der Waals surface area contributed by atoms with Gasteiger partial charge in [-0.15, -0.1) is 0 Å². The number of nitrogens with one attached hydrogen (secondary N) is 2. The van der Waals surface area contributed by atoms with Crippen LogP contribution in [0.15, 0.2) is 36.9 Å². The molecule has 0 radical (unpaired) electrons. The van der Waals surface area contributed by atoms with Crippen molar-refractivity contribution >= 4 is 34.5 Å². The Morgan fingerprint density at radius 3 is 2.58 bits per heavy atom. The van der Waals surface area contributed by atoms with Crippen LogP contribution in [0.5, 0.6) is 0 Å². The van der Waals surface area contributed by atoms with Gasteiger partial charge in [0, 0.05) is 26.7 Å². The van der Waals surface area contributed by atoms with E-state index in [0.29, 0.717) is 22.7 Å². The molecule has 36 heavy (non-hydrogen) atoms. The minimum Gasteiger partial charge on any atom is -0.394 e. The third-order valence-electron chi connectivity index (χ3n) is 5.97. The number of carbonyl (C=O) groups excluding carboxylic acids is 2. The first-order chi connectivity index (χ1) is 17.2. The molecule has 0 bridgehead atoms. The second-order valence-electron chi connectivity index (χ2n) is 8.88. The number of amides is 2. The zero-order valence-corrected chi connectivity index (χ0v) is 20.2. The number of nitrogens with two attached hydrogens (primary N) is 1. The summed E-state index contributed by atoms with van der Waals surface area (Å²) in [5.41, 5.74) is 8.53. The van der Waals surface area contributed by atoms with Gasteiger partial charge in [0.15, 0.2) is 23.2 Å². The molecule has 1 aromatic carbocycles. The molecule has 1 fully saturated rings. The lowest BCUT2D eigenvalue weighted by molar-refractivity contribution is -0.124. The molecule has 4 rings (SSSR count). The number of nitrogens with zero attached hydrogens (tertiary/aromatic N) is 5. The highest BCUT2D eigenvalue weighted by atomic mass is 16.5. The van der Waals surface area contributed by atoms with E-state index in [4.69, 9.17) is 10.5 Å². The van der Waals surface area contributed by atoms with E-state index in [1.807, 2.05) is 14.1 Å². The second-order valence-corrected chi connectivity index (χ2v) is 8.88. The van der Waals surface area contributed by atoms with Crippen molar-refractivity contribution in [2.45, 2.75) is 43.9 Å². The number of hydrogen-bond donors (Lipinski definition) is 5. The van der Waals surface area contributed by atoms with E-state index in [0.717, 1.165) is 5.56 Å². The van der Waals surface area contributed by atoms with Crippen molar-refractivity contribution < 1.29 is 24.5 Å². The number of fused-ring (bicyclic) bond motifs is 1. The minimum absolute atomic E-state index is 0.179. The van der Waals surface area contributed by atoms with E-state index in [2.05, 4.69) is 25.6 Å². The first kappa shape index (κ1) is 25.4. The number of carbonyl (C=O) groups is 2. The van der Waals surface area contributed by atoms with E-state index in [1.165, 1.54) is 19.6 Å². The van der Waals surface area contributed by atoms with Crippen molar-refractivity contribution in [2.24, 2.45) is 5.73 Å². The van der Waals surface area contributed by atoms with Crippen LogP contribution in [0.1, 0.15) is 18.7 Å². The Morgan fingerprint density at radius 1 is 1.22 bits per heavy atom. The van der Waals surface area contributed by atoms with Crippen molar-refractivity contribution in [1.29, 1.82) is 0 Å². The molecule has 192 valence electrons. The van der Waals surface area contributed by atoms with E-state index in [1.54, 1.807) is 33.7 Å². The Morgan fingerprint density at radius 2 is 1.94 bits per heavy atom. The maximum absolute atomic E-state index is 12.9. The number of ether oxygens (including phenoxy) is 1. The standard InChI is InChI=1S/C23H30N8O5/c1-12(33)28-14-6-4-13(5-7-14)8-15(24)22(35)29-17-16(9-32)36-23(19(17)34)31-11-27-18-20(30(2)3)25-10-26-21(18)31/h4-7,10-11,15-17,19,23,32,34H,8-9,24H2,1-3H3,(H,28,33)(H,29,35). The first-order valence-corrected chi connectivity index (χ1v) is 11.4. The van der Waals surface area contributed by atoms with Crippen LogP contribution >= 0.6 is 0 Å². The SMILES string of the molecule is CC(=O)Nc1ccc(CC(N)C(=O)NC2C(CO)OC(n3cnc4c(N(C)C)ncnc43)C2O)cc1. The van der Waals surface area contributed by atoms with E-state index in [9.17, 15) is 19.8 Å². The molecule has 6 N–H and O–H groups in total. The summed E-state index contributed by atoms with van der Waals surface area (Å²) in [4.78, 5) is 38.7. The quantitative estimate of drug-likeness (QED) is 0.263. The molecular formula is C23H30N8O5. The summed E-state index contributed by atoms with van der Waals surface area (Å²) >= 11 is 0. The van der Waals surface area contributed by atoms with Crippen molar-refractivity contribution in [3.05, 3.63) is 42.5 Å². The van der Waals surface area contributed by atoms with Gasteiger partial charge in [-0.1, -0.05) is 12.1 Å². The third-order valence-corrected chi connectivity index (χ3v) is 5.97. The number of aromatic nitrogens is 4. The Bertz CT molecular complexity index is 1230. The molecule has 13 heteroatoms. The summed E-state index contributed by atoms with van der Waals surface area (Å²) in [5.74, 6) is -0.0755. The highest BCUT2D eigenvalue weighted by Crippen LogP contribution is 2.32. The lowest BCUT2D eigenvalue weighted by Gasteiger charge is -2.23. The molecule has 5 atom stereocenters. The van der Waals surface area contributed by atoms with E-state index in [-0.39, 0.29) is 12.3 Å². The zero-order valence-electron chi connectivity index (χ0n) is 20.2. The topological polar surface area (TPSA) is 181 Å². The van der Waals surface area contributed by atoms with Gasteiger partial charge >= 0.3 is 0 Å². The molecule has 1 aliphatic rings. The fraction of sp³-hybridized carbons (Fsp3) is 0.435. The normalized spacial score (nSPS) is 22.4. The van der Waals surface area contributed by atoms with Gasteiger partial charge in [-0.3, -0.25) is 14.2 Å². The Balaban J connectivity index is 1.46. The van der Waals surface area contributed by atoms with Gasteiger partial charge in [0.1, 0.15) is 18.5 Å². The molecule has 0 aliphatic carbocycles. The maximum Gasteiger partial charge on any atom is 0.237 e. The van der Waals surface area contributed by atoms with Gasteiger partial charge < -0.3 is 36.2 Å². The molecule has 0 spiro atoms. The average molecular weight is 499 g/mol. The van der Waals surface area contributed by atoms with Crippen LogP contribution in [0.2, 0.25) is 0 Å². The number of rotatable bonds is 8. The van der Waals surface area contributed by atoms with Gasteiger partial charge in [0.25, 0.3) is 0 Å². The predicted octanol–water partition coefficient (Wildman–Crippen LogP) is -0.844. The van der Waals surface area contributed by atoms with Crippen molar-refractivity contribution in [1.82, 2.24) is 24.8 Å². The molecule has 2 amide bonds. The molecule has 2 aromatic heterocycles. The summed E-state index contributed by atoms with van der Waals surface area (Å²) in [6.07, 6.45) is 0.0900. The highest BCUT2D eigenvalue weighted by Gasteiger charge is 2.46. The molecule has 1 saturated heterocycles. The second kappa shape index (κ2) is 10.5. The van der Waals surface area contributed by atoms with Crippen LogP contribution in [0.4, 0.5) is 11.5 Å². The van der Waals surface area contributed by atoms with E-state index < -0.39 is 43.0 Å². The van der Waals surface area contributed by atoms with Gasteiger partial charge in [-0.25, -0.2) is 15.0 Å². The minimum atomic E-state index is -1.20. The lowest BCUT2D eigenvalue weighted by Crippen LogP contribution is -2.53. The van der Waals surface area contributed by atoms with Crippen LogP contribution in [0, 0.1) is 0 Å². The maximum atomic E-state index is 12.9. The van der Waals surface area contributed by atoms with Gasteiger partial charge in [0.05, 0.1) is 25.0 Å². The monoisotopic (exact) mass is 498 g/mol. The number of anilines is 2. The van der Waals surface area contributed by atoms with Gasteiger partial charge in [0.2, 0.25) is 11.8 Å². The number of aliphatic hydroxyl groups is 2. The Labute approximate surface area is 207 Å². The Kier molecular flexibility index (Phi) is 7.45. The first-order valence-electron chi connectivity index (χ1n) is 11.4. The van der Waals surface area contributed by atoms with Crippen LogP contribution in [-0.4, -0.2) is 86.5 Å². The van der Waals surface area contributed by atoms with Gasteiger partial charge in [-0.2, -0.15) is 0 Å². The highest BCUT2D eigenvalue weighted by molar-refractivity contribution is 5.88. The summed E-state index contributed by atoms with van der Waals surface area (Å²) in [6, 6.07) is 5.17. The van der Waals surface area contributed by atoms with Crippen LogP contribution in [-0.2, 0) is 20.7 Å². The number of hydrogen-bond acceptors (Lipinski definition) is 10. The number of imidazole rings is 1. The zero-order chi connectivity index (χ0) is 26.0. The molecular weight excluding hydrogens is 468 g/mol. The smallest absolute Gasteiger partial charge is 0.237 e. The molecule has 5 unspecified atom stereocenters. The summed E-state index contributed by atoms with van der Waals surface area (Å²) in [7, 11) is 3.66. The molecule has 1 aliphatic heterocycles. The van der Waals surface area contributed by atoms with Crippen LogP contribution in [0.25, 0.3) is 11.2 Å². The number of benzene rings is 1. The Hall–Kier alpha value is -3.65. The fourth-order valence-corrected chi connectivity index (χ4v) is 4.20. The largest absolute Gasteiger partial charge is 0.394 e. The molecule has 13 nitrogen and oxygen atoms in total. The number of aliphatic hydroxyl groups excluding tert-OH is 2. The molecule has 0 saturated carbocycles. The summed E-state index contributed by atoms with van der Waals surface area (Å²) in [6.45, 7) is 0.993. The van der Waals surface area contributed by atoms with Crippen LogP contribution < -0.4 is 21.3 Å².